The maximum atomic E-state index is 13.2. The Labute approximate surface area is 120 Å². The van der Waals surface area contributed by atoms with E-state index < -0.39 is 0 Å². The molecular formula is C16H14FNOS. The SMILES string of the molecule is CC(c1cccc(CO)c1)c1nc2cc(F)ccc2s1. The number of thiazole rings is 1. The smallest absolute Gasteiger partial charge is 0.125 e. The summed E-state index contributed by atoms with van der Waals surface area (Å²) < 4.78 is 14.2. The number of nitrogens with zero attached hydrogens (tertiary/aromatic N) is 1. The Morgan fingerprint density at radius 1 is 1.25 bits per heavy atom. The van der Waals surface area contributed by atoms with Crippen LogP contribution in [0.3, 0.4) is 0 Å². The summed E-state index contributed by atoms with van der Waals surface area (Å²) in [5.74, 6) is -0.133. The fourth-order valence-corrected chi connectivity index (χ4v) is 3.23. The molecule has 2 nitrogen and oxygen atoms in total. The summed E-state index contributed by atoms with van der Waals surface area (Å²) in [5.41, 5.74) is 2.70. The number of rotatable bonds is 3. The molecule has 1 heterocycles. The second-order valence-corrected chi connectivity index (χ2v) is 5.85. The molecule has 1 aromatic heterocycles. The maximum absolute atomic E-state index is 13.2. The van der Waals surface area contributed by atoms with Gasteiger partial charge in [-0.25, -0.2) is 9.37 Å². The first-order chi connectivity index (χ1) is 9.67. The van der Waals surface area contributed by atoms with Gasteiger partial charge in [0.15, 0.2) is 0 Å². The minimum atomic E-state index is -0.260. The van der Waals surface area contributed by atoms with Crippen LogP contribution in [0.2, 0.25) is 0 Å². The average molecular weight is 287 g/mol. The van der Waals surface area contributed by atoms with Crippen LogP contribution in [0.25, 0.3) is 10.2 Å². The van der Waals surface area contributed by atoms with Crippen molar-refractivity contribution in [1.29, 1.82) is 0 Å². The van der Waals surface area contributed by atoms with Crippen molar-refractivity contribution in [2.75, 3.05) is 0 Å². The van der Waals surface area contributed by atoms with Crippen molar-refractivity contribution in [3.63, 3.8) is 0 Å². The van der Waals surface area contributed by atoms with Crippen LogP contribution in [-0.2, 0) is 6.61 Å². The lowest BCUT2D eigenvalue weighted by atomic mass is 10.00. The largest absolute Gasteiger partial charge is 0.392 e. The van der Waals surface area contributed by atoms with Gasteiger partial charge in [0, 0.05) is 12.0 Å². The lowest BCUT2D eigenvalue weighted by molar-refractivity contribution is 0.281. The number of benzene rings is 2. The zero-order chi connectivity index (χ0) is 14.1. The molecule has 1 unspecified atom stereocenters. The average Bonchev–Trinajstić information content (AvgIpc) is 2.89. The molecule has 0 spiro atoms. The summed E-state index contributed by atoms with van der Waals surface area (Å²) in [6, 6.07) is 12.5. The number of fused-ring (bicyclic) bond motifs is 1. The summed E-state index contributed by atoms with van der Waals surface area (Å²) in [6.45, 7) is 2.11. The van der Waals surface area contributed by atoms with E-state index in [-0.39, 0.29) is 18.3 Å². The molecule has 0 aliphatic heterocycles. The zero-order valence-electron chi connectivity index (χ0n) is 11.0. The number of aromatic nitrogens is 1. The van der Waals surface area contributed by atoms with Gasteiger partial charge in [0.1, 0.15) is 10.8 Å². The van der Waals surface area contributed by atoms with E-state index in [1.807, 2.05) is 24.3 Å². The van der Waals surface area contributed by atoms with Crippen molar-refractivity contribution >= 4 is 21.6 Å². The number of halogens is 1. The molecule has 0 aliphatic rings. The molecule has 0 amide bonds. The van der Waals surface area contributed by atoms with E-state index in [0.717, 1.165) is 20.8 Å². The quantitative estimate of drug-likeness (QED) is 0.787. The van der Waals surface area contributed by atoms with Crippen molar-refractivity contribution in [2.45, 2.75) is 19.4 Å². The van der Waals surface area contributed by atoms with Crippen molar-refractivity contribution in [3.05, 3.63) is 64.4 Å². The maximum Gasteiger partial charge on any atom is 0.125 e. The van der Waals surface area contributed by atoms with Gasteiger partial charge in [-0.2, -0.15) is 0 Å². The summed E-state index contributed by atoms with van der Waals surface area (Å²) in [5, 5.41) is 10.2. The fraction of sp³-hybridized carbons (Fsp3) is 0.188. The molecule has 4 heteroatoms. The molecule has 1 N–H and O–H groups in total. The molecule has 102 valence electrons. The lowest BCUT2D eigenvalue weighted by Gasteiger charge is -2.09. The predicted molar refractivity (Wildman–Crippen MR) is 79.5 cm³/mol. The first-order valence-electron chi connectivity index (χ1n) is 6.43. The van der Waals surface area contributed by atoms with E-state index in [9.17, 15) is 9.50 Å². The predicted octanol–water partition coefficient (Wildman–Crippen LogP) is 4.08. The molecule has 0 saturated heterocycles. The van der Waals surface area contributed by atoms with Gasteiger partial charge in [-0.15, -0.1) is 11.3 Å². The van der Waals surface area contributed by atoms with E-state index in [1.54, 1.807) is 17.4 Å². The summed E-state index contributed by atoms with van der Waals surface area (Å²) in [6.07, 6.45) is 0. The molecule has 0 aliphatic carbocycles. The summed E-state index contributed by atoms with van der Waals surface area (Å²) in [7, 11) is 0. The number of hydrogen-bond acceptors (Lipinski definition) is 3. The third-order valence-electron chi connectivity index (χ3n) is 3.37. The Bertz CT molecular complexity index is 753. The number of hydrogen-bond donors (Lipinski definition) is 1. The third-order valence-corrected chi connectivity index (χ3v) is 4.59. The molecule has 3 aromatic rings. The topological polar surface area (TPSA) is 33.1 Å². The van der Waals surface area contributed by atoms with E-state index in [0.29, 0.717) is 5.52 Å². The van der Waals surface area contributed by atoms with E-state index >= 15 is 0 Å². The molecule has 1 atom stereocenters. The number of aliphatic hydroxyl groups is 1. The fourth-order valence-electron chi connectivity index (χ4n) is 2.21. The van der Waals surface area contributed by atoms with Crippen LogP contribution in [0.1, 0.15) is 29.0 Å². The van der Waals surface area contributed by atoms with Crippen molar-refractivity contribution in [1.82, 2.24) is 4.98 Å². The molecule has 20 heavy (non-hydrogen) atoms. The first kappa shape index (κ1) is 13.2. The van der Waals surface area contributed by atoms with Gasteiger partial charge in [0.2, 0.25) is 0 Å². The Balaban J connectivity index is 2.00. The van der Waals surface area contributed by atoms with Crippen LogP contribution in [0, 0.1) is 5.82 Å². The van der Waals surface area contributed by atoms with Gasteiger partial charge in [0.25, 0.3) is 0 Å². The monoisotopic (exact) mass is 287 g/mol. The van der Waals surface area contributed by atoms with E-state index in [2.05, 4.69) is 11.9 Å². The van der Waals surface area contributed by atoms with Crippen molar-refractivity contribution in [3.8, 4) is 0 Å². The van der Waals surface area contributed by atoms with E-state index in [1.165, 1.54) is 12.1 Å². The first-order valence-corrected chi connectivity index (χ1v) is 7.24. The van der Waals surface area contributed by atoms with Gasteiger partial charge < -0.3 is 5.11 Å². The second kappa shape index (κ2) is 5.31. The molecule has 0 saturated carbocycles. The zero-order valence-corrected chi connectivity index (χ0v) is 11.8. The van der Waals surface area contributed by atoms with Crippen molar-refractivity contribution < 1.29 is 9.50 Å². The van der Waals surface area contributed by atoms with Gasteiger partial charge in [-0.05, 0) is 23.3 Å². The Kier molecular flexibility index (Phi) is 3.51. The lowest BCUT2D eigenvalue weighted by Crippen LogP contribution is -1.96. The summed E-state index contributed by atoms with van der Waals surface area (Å²) >= 11 is 1.58. The number of aliphatic hydroxyl groups excluding tert-OH is 1. The highest BCUT2D eigenvalue weighted by Gasteiger charge is 2.14. The molecular weight excluding hydrogens is 273 g/mol. The molecule has 0 fully saturated rings. The van der Waals surface area contributed by atoms with Crippen LogP contribution in [-0.4, -0.2) is 10.1 Å². The van der Waals surface area contributed by atoms with Gasteiger partial charge in [-0.1, -0.05) is 31.2 Å². The van der Waals surface area contributed by atoms with Crippen LogP contribution >= 0.6 is 11.3 Å². The van der Waals surface area contributed by atoms with Gasteiger partial charge in [0.05, 0.1) is 16.8 Å². The Morgan fingerprint density at radius 3 is 2.90 bits per heavy atom. The van der Waals surface area contributed by atoms with E-state index in [4.69, 9.17) is 0 Å². The molecule has 0 radical (unpaired) electrons. The van der Waals surface area contributed by atoms with Gasteiger partial charge >= 0.3 is 0 Å². The minimum absolute atomic E-state index is 0.0333. The Hall–Kier alpha value is -1.78. The van der Waals surface area contributed by atoms with Crippen LogP contribution in [0.4, 0.5) is 4.39 Å². The second-order valence-electron chi connectivity index (χ2n) is 4.79. The molecule has 2 aromatic carbocycles. The molecule has 3 rings (SSSR count). The van der Waals surface area contributed by atoms with Crippen LogP contribution in [0.15, 0.2) is 42.5 Å². The third kappa shape index (κ3) is 2.44. The highest BCUT2D eigenvalue weighted by atomic mass is 32.1. The summed E-state index contributed by atoms with van der Waals surface area (Å²) in [4.78, 5) is 4.52. The van der Waals surface area contributed by atoms with Crippen LogP contribution in [0.5, 0.6) is 0 Å². The van der Waals surface area contributed by atoms with Crippen LogP contribution < -0.4 is 0 Å². The Morgan fingerprint density at radius 2 is 2.10 bits per heavy atom. The highest BCUT2D eigenvalue weighted by Crippen LogP contribution is 2.32. The normalized spacial score (nSPS) is 12.8. The van der Waals surface area contributed by atoms with Crippen molar-refractivity contribution in [2.24, 2.45) is 0 Å². The standard InChI is InChI=1S/C16H14FNOS/c1-10(12-4-2-3-11(7-12)9-19)16-18-14-8-13(17)5-6-15(14)20-16/h2-8,10,19H,9H2,1H3. The van der Waals surface area contributed by atoms with Gasteiger partial charge in [-0.3, -0.25) is 0 Å². The highest BCUT2D eigenvalue weighted by molar-refractivity contribution is 7.18. The molecule has 0 bridgehead atoms. The minimum Gasteiger partial charge on any atom is -0.392 e.